The summed E-state index contributed by atoms with van der Waals surface area (Å²) in [6, 6.07) is 13.2. The van der Waals surface area contributed by atoms with E-state index in [1.165, 1.54) is 0 Å². The van der Waals surface area contributed by atoms with Crippen LogP contribution in [0.5, 0.6) is 5.75 Å². The first kappa shape index (κ1) is 20.8. The van der Waals surface area contributed by atoms with E-state index in [2.05, 4.69) is 16.8 Å². The molecule has 2 unspecified atom stereocenters. The molecule has 2 aromatic carbocycles. The van der Waals surface area contributed by atoms with Crippen LogP contribution in [0.3, 0.4) is 0 Å². The Kier molecular flexibility index (Phi) is 5.10. The Morgan fingerprint density at radius 3 is 2.82 bits per heavy atom. The van der Waals surface area contributed by atoms with Gasteiger partial charge in [-0.1, -0.05) is 42.2 Å². The second-order valence-electron chi connectivity index (χ2n) is 8.47. The van der Waals surface area contributed by atoms with Gasteiger partial charge in [0.25, 0.3) is 5.56 Å². The first-order valence-electron chi connectivity index (χ1n) is 10.7. The number of aliphatic carboxylic acids is 1. The normalized spacial score (nSPS) is 20.4. The molecule has 33 heavy (non-hydrogen) atoms. The molecule has 1 saturated carbocycles. The molecule has 0 spiro atoms. The lowest BCUT2D eigenvalue weighted by Gasteiger charge is -2.13. The molecule has 2 aliphatic rings. The van der Waals surface area contributed by atoms with E-state index in [-0.39, 0.29) is 11.5 Å². The predicted octanol–water partition coefficient (Wildman–Crippen LogP) is 3.59. The molecular weight excluding hydrogens is 416 g/mol. The molecule has 0 aliphatic heterocycles. The highest BCUT2D eigenvalue weighted by Gasteiger charge is 2.58. The summed E-state index contributed by atoms with van der Waals surface area (Å²) >= 11 is 0. The van der Waals surface area contributed by atoms with E-state index >= 15 is 0 Å². The Labute approximate surface area is 190 Å². The summed E-state index contributed by atoms with van der Waals surface area (Å²) in [5.74, 6) is 6.32. The van der Waals surface area contributed by atoms with E-state index in [9.17, 15) is 14.7 Å². The van der Waals surface area contributed by atoms with Gasteiger partial charge in [0.2, 0.25) is 0 Å². The lowest BCUT2D eigenvalue weighted by atomic mass is 9.96. The van der Waals surface area contributed by atoms with Gasteiger partial charge in [-0.2, -0.15) is 0 Å². The summed E-state index contributed by atoms with van der Waals surface area (Å²) in [6.45, 7) is 0.359. The lowest BCUT2D eigenvalue weighted by Crippen LogP contribution is -2.22. The quantitative estimate of drug-likeness (QED) is 0.616. The molecule has 1 fully saturated rings. The topological polar surface area (TPSA) is 81.4 Å². The third-order valence-corrected chi connectivity index (χ3v) is 6.33. The van der Waals surface area contributed by atoms with Crippen LogP contribution in [0.15, 0.2) is 77.4 Å². The van der Waals surface area contributed by atoms with Crippen molar-refractivity contribution in [2.75, 3.05) is 7.11 Å². The minimum atomic E-state index is -0.788. The number of rotatable bonds is 5. The van der Waals surface area contributed by atoms with Gasteiger partial charge in [0.05, 0.1) is 36.3 Å². The zero-order chi connectivity index (χ0) is 23.0. The molecule has 6 heteroatoms. The Hall–Kier alpha value is -4.11. The van der Waals surface area contributed by atoms with Gasteiger partial charge in [-0.15, -0.1) is 0 Å². The van der Waals surface area contributed by atoms with Crippen LogP contribution in [0.1, 0.15) is 17.5 Å². The van der Waals surface area contributed by atoms with Crippen molar-refractivity contribution in [2.45, 2.75) is 19.4 Å². The zero-order valence-electron chi connectivity index (χ0n) is 18.1. The van der Waals surface area contributed by atoms with E-state index in [0.29, 0.717) is 30.3 Å². The van der Waals surface area contributed by atoms with Crippen LogP contribution in [-0.4, -0.2) is 27.7 Å². The third-order valence-electron chi connectivity index (χ3n) is 6.33. The number of allylic oxidation sites excluding steroid dienone is 3. The SMILES string of the molecule is COc1ccc(CC#Cc2ccc3ncn(CC4=CC5CC5(C(=O)O)C=C4)c(=O)c3c2)cc1. The molecule has 0 amide bonds. The summed E-state index contributed by atoms with van der Waals surface area (Å²) < 4.78 is 6.73. The average Bonchev–Trinajstić information content (AvgIpc) is 3.57. The van der Waals surface area contributed by atoms with Crippen LogP contribution in [0.4, 0.5) is 0 Å². The van der Waals surface area contributed by atoms with E-state index in [4.69, 9.17) is 4.74 Å². The van der Waals surface area contributed by atoms with E-state index in [0.717, 1.165) is 22.4 Å². The number of carbonyl (C=O) groups is 1. The number of fused-ring (bicyclic) bond motifs is 2. The second-order valence-corrected chi connectivity index (χ2v) is 8.47. The Balaban J connectivity index is 1.35. The van der Waals surface area contributed by atoms with Crippen molar-refractivity contribution in [1.29, 1.82) is 0 Å². The molecule has 164 valence electrons. The van der Waals surface area contributed by atoms with Gasteiger partial charge in [0.1, 0.15) is 5.75 Å². The fourth-order valence-corrected chi connectivity index (χ4v) is 4.23. The van der Waals surface area contributed by atoms with Crippen LogP contribution in [0, 0.1) is 23.2 Å². The van der Waals surface area contributed by atoms with Crippen LogP contribution >= 0.6 is 0 Å². The maximum absolute atomic E-state index is 13.1. The number of hydrogen-bond acceptors (Lipinski definition) is 4. The number of carboxylic acids is 1. The summed E-state index contributed by atoms with van der Waals surface area (Å²) in [6.07, 6.45) is 8.29. The predicted molar refractivity (Wildman–Crippen MR) is 125 cm³/mol. The lowest BCUT2D eigenvalue weighted by molar-refractivity contribution is -0.141. The number of nitrogens with zero attached hydrogens (tertiary/aromatic N) is 2. The average molecular weight is 438 g/mol. The van der Waals surface area contributed by atoms with Crippen LogP contribution in [0.25, 0.3) is 10.9 Å². The summed E-state index contributed by atoms with van der Waals surface area (Å²) in [5.41, 5.74) is 2.51. The monoisotopic (exact) mass is 438 g/mol. The van der Waals surface area contributed by atoms with Crippen molar-refractivity contribution in [3.8, 4) is 17.6 Å². The minimum absolute atomic E-state index is 0.00620. The molecule has 1 heterocycles. The molecule has 0 bridgehead atoms. The maximum Gasteiger partial charge on any atom is 0.314 e. The largest absolute Gasteiger partial charge is 0.497 e. The van der Waals surface area contributed by atoms with Crippen LogP contribution < -0.4 is 10.3 Å². The molecule has 1 N–H and O–H groups in total. The second kappa shape index (κ2) is 8.10. The molecular formula is C27H22N2O4. The van der Waals surface area contributed by atoms with Crippen LogP contribution in [0.2, 0.25) is 0 Å². The molecule has 3 aromatic rings. The third kappa shape index (κ3) is 3.94. The van der Waals surface area contributed by atoms with Gasteiger partial charge in [-0.25, -0.2) is 4.98 Å². The number of benzene rings is 2. The smallest absolute Gasteiger partial charge is 0.314 e. The highest BCUT2D eigenvalue weighted by molar-refractivity contribution is 5.83. The fourth-order valence-electron chi connectivity index (χ4n) is 4.23. The number of aromatic nitrogens is 2. The van der Waals surface area contributed by atoms with Gasteiger partial charge in [-0.3, -0.25) is 14.2 Å². The summed E-state index contributed by atoms with van der Waals surface area (Å²) in [7, 11) is 1.64. The van der Waals surface area contributed by atoms with Crippen molar-refractivity contribution in [2.24, 2.45) is 11.3 Å². The first-order chi connectivity index (χ1) is 16.0. The minimum Gasteiger partial charge on any atom is -0.497 e. The van der Waals surface area contributed by atoms with Gasteiger partial charge in [0, 0.05) is 12.0 Å². The Bertz CT molecular complexity index is 1440. The first-order valence-corrected chi connectivity index (χ1v) is 10.7. The van der Waals surface area contributed by atoms with Crippen molar-refractivity contribution < 1.29 is 14.6 Å². The molecule has 0 radical (unpaired) electrons. The highest BCUT2D eigenvalue weighted by atomic mass is 16.5. The Morgan fingerprint density at radius 1 is 1.27 bits per heavy atom. The summed E-state index contributed by atoms with van der Waals surface area (Å²) in [4.78, 5) is 28.9. The van der Waals surface area contributed by atoms with Crippen molar-refractivity contribution in [1.82, 2.24) is 9.55 Å². The fraction of sp³-hybridized carbons (Fsp3) is 0.222. The van der Waals surface area contributed by atoms with E-state index < -0.39 is 11.4 Å². The van der Waals surface area contributed by atoms with Crippen molar-refractivity contribution in [3.05, 3.63) is 94.1 Å². The summed E-state index contributed by atoms with van der Waals surface area (Å²) in [5, 5.41) is 9.90. The number of ether oxygens (including phenoxy) is 1. The Morgan fingerprint density at radius 2 is 2.09 bits per heavy atom. The number of hydrogen-bond donors (Lipinski definition) is 1. The number of methoxy groups -OCH3 is 1. The zero-order valence-corrected chi connectivity index (χ0v) is 18.1. The van der Waals surface area contributed by atoms with Crippen molar-refractivity contribution >= 4 is 16.9 Å². The highest BCUT2D eigenvalue weighted by Crippen LogP contribution is 2.57. The molecule has 5 rings (SSSR count). The number of carboxylic acid groups (broad SMARTS) is 1. The standard InChI is InChI=1S/C27H22N2O4/c1-33-22-8-5-18(6-9-22)3-2-4-19-7-10-24-23(14-19)25(30)29(17-28-24)16-20-11-12-27(26(31)32)15-21(27)13-20/h5-14,17,21H,3,15-16H2,1H3,(H,31,32). The van der Waals surface area contributed by atoms with Gasteiger partial charge < -0.3 is 9.84 Å². The molecule has 0 saturated heterocycles. The van der Waals surface area contributed by atoms with Crippen LogP contribution in [-0.2, 0) is 17.8 Å². The van der Waals surface area contributed by atoms with Gasteiger partial charge >= 0.3 is 5.97 Å². The molecule has 1 aromatic heterocycles. The van der Waals surface area contributed by atoms with Crippen molar-refractivity contribution in [3.63, 3.8) is 0 Å². The molecule has 6 nitrogen and oxygen atoms in total. The van der Waals surface area contributed by atoms with E-state index in [1.54, 1.807) is 30.1 Å². The van der Waals surface area contributed by atoms with E-state index in [1.807, 2.05) is 48.6 Å². The van der Waals surface area contributed by atoms with Gasteiger partial charge in [-0.05, 0) is 53.8 Å². The maximum atomic E-state index is 13.1. The molecule has 2 aliphatic carbocycles. The molecule has 2 atom stereocenters. The van der Waals surface area contributed by atoms with Gasteiger partial charge in [0.15, 0.2) is 0 Å².